The molecular weight excluding hydrogens is 761 g/mol. The van der Waals surface area contributed by atoms with Crippen LogP contribution < -0.4 is 0 Å². The Morgan fingerprint density at radius 2 is 0.705 bits per heavy atom. The van der Waals surface area contributed by atoms with Crippen molar-refractivity contribution in [3.05, 3.63) is 218 Å². The van der Waals surface area contributed by atoms with E-state index in [1.54, 1.807) is 11.3 Å². The number of rotatable bonds is 8. The minimum atomic E-state index is 0.597. The zero-order valence-corrected chi connectivity index (χ0v) is 33.8. The predicted octanol–water partition coefficient (Wildman–Crippen LogP) is 15.0. The SMILES string of the molecule is c1ccc(-c2ccc(-c3nc(-c4ccc(-c5ccccc5)cc4)nc(-c4cccc(-c5nc6ccccc6c6c(-c7ccccc7)c(-c7ccccc7)sc56)c4)n3)cc2)cc1. The van der Waals surface area contributed by atoms with Crippen molar-refractivity contribution in [2.24, 2.45) is 0 Å². The monoisotopic (exact) mass is 796 g/mol. The van der Waals surface area contributed by atoms with Gasteiger partial charge in [-0.3, -0.25) is 0 Å². The summed E-state index contributed by atoms with van der Waals surface area (Å²) in [4.78, 5) is 22.1. The lowest BCUT2D eigenvalue weighted by Gasteiger charge is -2.12. The lowest BCUT2D eigenvalue weighted by molar-refractivity contribution is 1.07. The van der Waals surface area contributed by atoms with E-state index < -0.39 is 0 Å². The summed E-state index contributed by atoms with van der Waals surface area (Å²) < 4.78 is 1.14. The Labute approximate surface area is 358 Å². The molecule has 286 valence electrons. The topological polar surface area (TPSA) is 51.6 Å². The van der Waals surface area contributed by atoms with Gasteiger partial charge in [0, 0.05) is 43.5 Å². The van der Waals surface area contributed by atoms with Crippen LogP contribution in [0.1, 0.15) is 0 Å². The average Bonchev–Trinajstić information content (AvgIpc) is 3.76. The second kappa shape index (κ2) is 15.7. The van der Waals surface area contributed by atoms with E-state index in [0.717, 1.165) is 65.8 Å². The number of fused-ring (bicyclic) bond motifs is 3. The molecule has 11 rings (SSSR count). The minimum Gasteiger partial charge on any atom is -0.246 e. The predicted molar refractivity (Wildman–Crippen MR) is 254 cm³/mol. The summed E-state index contributed by atoms with van der Waals surface area (Å²) >= 11 is 1.80. The normalized spacial score (nSPS) is 11.3. The molecular formula is C56H36N4S. The number of hydrogen-bond acceptors (Lipinski definition) is 5. The van der Waals surface area contributed by atoms with Crippen molar-refractivity contribution in [1.82, 2.24) is 19.9 Å². The molecule has 3 heterocycles. The molecule has 3 aromatic heterocycles. The smallest absolute Gasteiger partial charge is 0.164 e. The summed E-state index contributed by atoms with van der Waals surface area (Å²) in [7, 11) is 0. The number of nitrogens with zero attached hydrogens (tertiary/aromatic N) is 4. The van der Waals surface area contributed by atoms with E-state index in [1.807, 2.05) is 12.1 Å². The number of aromatic nitrogens is 4. The molecule has 0 radical (unpaired) electrons. The van der Waals surface area contributed by atoms with E-state index in [9.17, 15) is 0 Å². The van der Waals surface area contributed by atoms with Crippen molar-refractivity contribution in [2.75, 3.05) is 0 Å². The molecule has 11 aromatic rings. The lowest BCUT2D eigenvalue weighted by atomic mass is 9.95. The van der Waals surface area contributed by atoms with Gasteiger partial charge in [-0.1, -0.05) is 206 Å². The fourth-order valence-corrected chi connectivity index (χ4v) is 9.49. The van der Waals surface area contributed by atoms with Gasteiger partial charge in [0.25, 0.3) is 0 Å². The van der Waals surface area contributed by atoms with Crippen molar-refractivity contribution in [3.8, 4) is 89.2 Å². The molecule has 61 heavy (non-hydrogen) atoms. The van der Waals surface area contributed by atoms with E-state index in [1.165, 1.54) is 27.0 Å². The Kier molecular flexibility index (Phi) is 9.34. The molecule has 0 N–H and O–H groups in total. The van der Waals surface area contributed by atoms with Crippen LogP contribution in [0.15, 0.2) is 218 Å². The van der Waals surface area contributed by atoms with Crippen molar-refractivity contribution in [1.29, 1.82) is 0 Å². The number of para-hydroxylation sites is 1. The molecule has 0 bridgehead atoms. The summed E-state index contributed by atoms with van der Waals surface area (Å²) in [6, 6.07) is 76.2. The van der Waals surface area contributed by atoms with Crippen LogP contribution in [-0.4, -0.2) is 19.9 Å². The maximum absolute atomic E-state index is 5.40. The highest BCUT2D eigenvalue weighted by molar-refractivity contribution is 7.23. The van der Waals surface area contributed by atoms with E-state index in [-0.39, 0.29) is 0 Å². The Hall–Kier alpha value is -7.86. The summed E-state index contributed by atoms with van der Waals surface area (Å²) in [5.74, 6) is 1.82. The Morgan fingerprint density at radius 1 is 0.295 bits per heavy atom. The number of hydrogen-bond donors (Lipinski definition) is 0. The van der Waals surface area contributed by atoms with Crippen molar-refractivity contribution >= 4 is 32.3 Å². The van der Waals surface area contributed by atoms with E-state index >= 15 is 0 Å². The average molecular weight is 797 g/mol. The first kappa shape index (κ1) is 36.2. The number of thiophene rings is 1. The molecule has 8 aromatic carbocycles. The Morgan fingerprint density at radius 3 is 1.26 bits per heavy atom. The fraction of sp³-hybridized carbons (Fsp3) is 0. The number of benzene rings is 8. The molecule has 0 aliphatic rings. The zero-order valence-electron chi connectivity index (χ0n) is 33.0. The summed E-state index contributed by atoms with van der Waals surface area (Å²) in [6.07, 6.45) is 0. The second-order valence-corrected chi connectivity index (χ2v) is 16.0. The Bertz CT molecular complexity index is 3210. The molecule has 0 fully saturated rings. The fourth-order valence-electron chi connectivity index (χ4n) is 8.13. The van der Waals surface area contributed by atoms with Crippen LogP contribution in [0.5, 0.6) is 0 Å². The van der Waals surface area contributed by atoms with E-state index in [4.69, 9.17) is 19.9 Å². The molecule has 0 amide bonds. The molecule has 0 saturated carbocycles. The van der Waals surface area contributed by atoms with Gasteiger partial charge in [0.15, 0.2) is 17.5 Å². The van der Waals surface area contributed by atoms with E-state index in [2.05, 4.69) is 206 Å². The van der Waals surface area contributed by atoms with Gasteiger partial charge in [-0.25, -0.2) is 19.9 Å². The largest absolute Gasteiger partial charge is 0.246 e. The van der Waals surface area contributed by atoms with Crippen LogP contribution in [0.3, 0.4) is 0 Å². The summed E-state index contributed by atoms with van der Waals surface area (Å²) in [6.45, 7) is 0. The first-order valence-electron chi connectivity index (χ1n) is 20.4. The summed E-state index contributed by atoms with van der Waals surface area (Å²) in [5.41, 5.74) is 13.8. The van der Waals surface area contributed by atoms with Crippen LogP contribution in [0.2, 0.25) is 0 Å². The molecule has 0 spiro atoms. The van der Waals surface area contributed by atoms with Gasteiger partial charge >= 0.3 is 0 Å². The highest BCUT2D eigenvalue weighted by atomic mass is 32.1. The Balaban J connectivity index is 1.08. The third kappa shape index (κ3) is 6.97. The highest BCUT2D eigenvalue weighted by Gasteiger charge is 2.23. The molecule has 0 saturated heterocycles. The summed E-state index contributed by atoms with van der Waals surface area (Å²) in [5, 5.41) is 2.35. The van der Waals surface area contributed by atoms with Gasteiger partial charge in [-0.2, -0.15) is 0 Å². The van der Waals surface area contributed by atoms with Crippen LogP contribution in [0, 0.1) is 0 Å². The van der Waals surface area contributed by atoms with Gasteiger partial charge in [-0.05, 0) is 45.5 Å². The number of pyridine rings is 1. The van der Waals surface area contributed by atoms with Crippen molar-refractivity contribution in [2.45, 2.75) is 0 Å². The quantitative estimate of drug-likeness (QED) is 0.154. The highest BCUT2D eigenvalue weighted by Crippen LogP contribution is 2.50. The molecule has 0 aliphatic carbocycles. The minimum absolute atomic E-state index is 0.597. The van der Waals surface area contributed by atoms with Gasteiger partial charge in [0.2, 0.25) is 0 Å². The van der Waals surface area contributed by atoms with Gasteiger partial charge in [0.1, 0.15) is 0 Å². The zero-order chi connectivity index (χ0) is 40.5. The van der Waals surface area contributed by atoms with Crippen LogP contribution in [-0.2, 0) is 0 Å². The maximum Gasteiger partial charge on any atom is 0.164 e. The molecule has 5 heteroatoms. The molecule has 0 unspecified atom stereocenters. The maximum atomic E-state index is 5.40. The molecule has 0 aliphatic heterocycles. The van der Waals surface area contributed by atoms with Gasteiger partial charge in [-0.15, -0.1) is 11.3 Å². The van der Waals surface area contributed by atoms with E-state index in [0.29, 0.717) is 17.5 Å². The van der Waals surface area contributed by atoms with Crippen molar-refractivity contribution < 1.29 is 0 Å². The molecule has 0 atom stereocenters. The molecule has 4 nitrogen and oxygen atoms in total. The van der Waals surface area contributed by atoms with Crippen molar-refractivity contribution in [3.63, 3.8) is 0 Å². The third-order valence-electron chi connectivity index (χ3n) is 11.2. The first-order chi connectivity index (χ1) is 30.2. The third-order valence-corrected chi connectivity index (χ3v) is 12.4. The lowest BCUT2D eigenvalue weighted by Crippen LogP contribution is -2.00. The van der Waals surface area contributed by atoms with Gasteiger partial charge < -0.3 is 0 Å². The van der Waals surface area contributed by atoms with Crippen LogP contribution in [0.25, 0.3) is 110 Å². The van der Waals surface area contributed by atoms with Crippen LogP contribution >= 0.6 is 11.3 Å². The second-order valence-electron chi connectivity index (χ2n) is 15.0. The van der Waals surface area contributed by atoms with Crippen LogP contribution in [0.4, 0.5) is 0 Å². The standard InChI is InChI=1S/C56H36N4S/c1-5-16-37(17-6-1)39-28-32-43(33-29-39)54-58-55(44-34-30-40(31-35-44)38-18-7-2-8-19-38)60-56(59-54)46-25-15-24-45(36-46)51-53-50(47-26-13-14-27-48(47)57-51)49(41-20-9-3-10-21-41)52(61-53)42-22-11-4-12-23-42/h1-36H. The first-order valence-corrected chi connectivity index (χ1v) is 21.2. The van der Waals surface area contributed by atoms with Gasteiger partial charge in [0.05, 0.1) is 15.9 Å².